The molecule has 5 N–H and O–H groups in total. The van der Waals surface area contributed by atoms with Gasteiger partial charge in [-0.3, -0.25) is 0 Å². The van der Waals surface area contributed by atoms with Gasteiger partial charge in [-0.05, 0) is 50.2 Å². The van der Waals surface area contributed by atoms with Crippen LogP contribution in [0.3, 0.4) is 0 Å². The molecule has 0 bridgehead atoms. The molecule has 0 fully saturated rings. The van der Waals surface area contributed by atoms with Crippen LogP contribution >= 0.6 is 0 Å². The number of hydrogen-bond acceptors (Lipinski definition) is 6. The summed E-state index contributed by atoms with van der Waals surface area (Å²) in [6.07, 6.45) is 0. The van der Waals surface area contributed by atoms with Crippen LogP contribution in [0.25, 0.3) is 0 Å². The van der Waals surface area contributed by atoms with E-state index in [0.29, 0.717) is 33.9 Å². The number of hydrogen-bond donors (Lipinski definition) is 0. The quantitative estimate of drug-likeness (QED) is 0.177. The van der Waals surface area contributed by atoms with E-state index in [1.54, 1.807) is 13.8 Å². The second-order valence-corrected chi connectivity index (χ2v) is 6.41. The summed E-state index contributed by atoms with van der Waals surface area (Å²) >= 11 is 0. The van der Waals surface area contributed by atoms with Gasteiger partial charge in [-0.1, -0.05) is 52.7 Å². The van der Waals surface area contributed by atoms with E-state index < -0.39 is 0 Å². The second kappa shape index (κ2) is 12.9. The standard InChI is InChI=1S/C23H21N5O2.Ni.H2O/c1-16(25-27-22(29)18-10-5-3-6-11-18)20-14-9-15-21(24-20)17(2)26-28-23(30)19-12-7-4-8-13-19;;/h3-15H,1-2H3,(H,27,29)(H,28,30);;1H2/q;+2;/p+1. The number of rotatable bonds is 6. The zero-order valence-electron chi connectivity index (χ0n) is 17.5. The normalized spacial score (nSPS) is 12.6. The molecule has 1 heterocycles. The van der Waals surface area contributed by atoms with E-state index in [-0.39, 0.29) is 33.8 Å². The Bertz CT molecular complexity index is 1040. The molecule has 2 aromatic carbocycles. The molecule has 0 spiro atoms. The predicted molar refractivity (Wildman–Crippen MR) is 124 cm³/mol. The van der Waals surface area contributed by atoms with Crippen molar-refractivity contribution in [3.63, 3.8) is 0 Å². The molecule has 0 aliphatic carbocycles. The number of pyridine rings is 1. The van der Waals surface area contributed by atoms with Gasteiger partial charge in [-0.15, -0.1) is 10.2 Å². The Kier molecular flexibility index (Phi) is 10.6. The first-order valence-corrected chi connectivity index (χ1v) is 9.31. The molecule has 0 aliphatic rings. The van der Waals surface area contributed by atoms with Gasteiger partial charge in [-0.2, -0.15) is 0 Å². The Morgan fingerprint density at radius 1 is 0.594 bits per heavy atom. The Balaban J connectivity index is 0.00000256. The molecule has 0 amide bonds. The van der Waals surface area contributed by atoms with E-state index in [1.807, 2.05) is 78.9 Å². The van der Waals surface area contributed by atoms with Gasteiger partial charge in [0.05, 0.1) is 33.9 Å². The van der Waals surface area contributed by atoms with Gasteiger partial charge in [0.15, 0.2) is 0 Å². The Labute approximate surface area is 196 Å². The van der Waals surface area contributed by atoms with Crippen LogP contribution < -0.4 is 0 Å². The van der Waals surface area contributed by atoms with Crippen molar-refractivity contribution in [3.05, 3.63) is 101 Å². The molecule has 0 aliphatic heterocycles. The van der Waals surface area contributed by atoms with Crippen LogP contribution in [0.2, 0.25) is 0 Å². The molecule has 8 nitrogen and oxygen atoms in total. The van der Waals surface area contributed by atoms with Crippen LogP contribution in [-0.2, 0) is 16.5 Å². The smallest absolute Gasteiger partial charge is 0.870 e. The third-order valence-electron chi connectivity index (χ3n) is 4.18. The minimum absolute atomic E-state index is 0. The van der Waals surface area contributed by atoms with Gasteiger partial charge >= 0.3 is 28.3 Å². The zero-order valence-corrected chi connectivity index (χ0v) is 18.5. The van der Waals surface area contributed by atoms with Crippen molar-refractivity contribution in [1.29, 1.82) is 0 Å². The van der Waals surface area contributed by atoms with Crippen molar-refractivity contribution in [2.24, 2.45) is 20.4 Å². The van der Waals surface area contributed by atoms with E-state index in [4.69, 9.17) is 10.2 Å². The van der Waals surface area contributed by atoms with Gasteiger partial charge in [0.2, 0.25) is 0 Å². The summed E-state index contributed by atoms with van der Waals surface area (Å²) < 4.78 is 0. The molecule has 166 valence electrons. The Hall–Kier alpha value is -3.68. The Morgan fingerprint density at radius 3 is 1.34 bits per heavy atom. The second-order valence-electron chi connectivity index (χ2n) is 6.41. The van der Waals surface area contributed by atoms with Crippen LogP contribution in [0.4, 0.5) is 0 Å². The third kappa shape index (κ3) is 7.23. The van der Waals surface area contributed by atoms with E-state index in [2.05, 4.69) is 25.4 Å². The summed E-state index contributed by atoms with van der Waals surface area (Å²) in [7, 11) is 0. The summed E-state index contributed by atoms with van der Waals surface area (Å²) in [5.74, 6) is 0.171. The average Bonchev–Trinajstić information content (AvgIpc) is 2.81. The molecule has 32 heavy (non-hydrogen) atoms. The summed E-state index contributed by atoms with van der Waals surface area (Å²) in [6, 6.07) is 23.9. The maximum Gasteiger partial charge on any atom is 2.00 e. The van der Waals surface area contributed by atoms with Crippen molar-refractivity contribution < 1.29 is 32.2 Å². The fraction of sp³-hybridized carbons (Fsp3) is 0.0870. The molecular weight excluding hydrogens is 453 g/mol. The van der Waals surface area contributed by atoms with E-state index in [0.717, 1.165) is 0 Å². The van der Waals surface area contributed by atoms with Crippen molar-refractivity contribution in [3.8, 4) is 0 Å². The molecule has 0 saturated carbocycles. The van der Waals surface area contributed by atoms with Gasteiger partial charge in [0.1, 0.15) is 0 Å². The molecule has 9 heteroatoms. The number of aromatic nitrogens is 1. The zero-order chi connectivity index (χ0) is 21.3. The largest absolute Gasteiger partial charge is 2.00 e. The summed E-state index contributed by atoms with van der Waals surface area (Å²) in [5, 5.41) is 32.3. The molecule has 3 aromatic rings. The van der Waals surface area contributed by atoms with E-state index in [9.17, 15) is 0 Å². The molecule has 0 atom stereocenters. The number of benzene rings is 2. The first-order chi connectivity index (χ1) is 14.5. The fourth-order valence-electron chi connectivity index (χ4n) is 2.50. The molecule has 0 radical (unpaired) electrons. The molecule has 0 unspecified atom stereocenters. The minimum atomic E-state index is 0. The van der Waals surface area contributed by atoms with Gasteiger partial charge in [-0.25, -0.2) is 4.98 Å². The van der Waals surface area contributed by atoms with Crippen molar-refractivity contribution in [2.75, 3.05) is 0 Å². The van der Waals surface area contributed by atoms with Crippen molar-refractivity contribution >= 4 is 23.2 Å². The molecule has 3 rings (SSSR count). The first-order valence-electron chi connectivity index (χ1n) is 9.31. The van der Waals surface area contributed by atoms with Crippen molar-refractivity contribution in [1.82, 2.24) is 4.98 Å². The van der Waals surface area contributed by atoms with Crippen LogP contribution in [0.15, 0.2) is 99.3 Å². The summed E-state index contributed by atoms with van der Waals surface area (Å²) in [6.45, 7) is 3.58. The molecule has 0 saturated heterocycles. The summed E-state index contributed by atoms with van der Waals surface area (Å²) in [4.78, 5) is 4.55. The van der Waals surface area contributed by atoms with Crippen molar-refractivity contribution in [2.45, 2.75) is 13.8 Å². The summed E-state index contributed by atoms with van der Waals surface area (Å²) in [5.41, 5.74) is 3.82. The first kappa shape index (κ1) is 26.4. The van der Waals surface area contributed by atoms with Gasteiger partial charge < -0.3 is 15.7 Å². The van der Waals surface area contributed by atoms with E-state index in [1.165, 1.54) is 0 Å². The SMILES string of the molecule is CC(=NN=C([OH2+])c1ccccc1)c1cccc(C(C)=NN=C([OH2+])c2ccccc2)n1.[Ni+2].[OH-]. The maximum absolute atomic E-state index is 8.02. The van der Waals surface area contributed by atoms with Crippen LogP contribution in [0, 0.1) is 0 Å². The minimum Gasteiger partial charge on any atom is -0.870 e. The topological polar surface area (TPSA) is 138 Å². The van der Waals surface area contributed by atoms with Crippen LogP contribution in [0.5, 0.6) is 0 Å². The Morgan fingerprint density at radius 2 is 0.969 bits per heavy atom. The predicted octanol–water partition coefficient (Wildman–Crippen LogP) is 2.69. The number of nitrogens with zero attached hydrogens (tertiary/aromatic N) is 5. The van der Waals surface area contributed by atoms with Crippen LogP contribution in [0.1, 0.15) is 36.4 Å². The maximum atomic E-state index is 8.02. The molecular formula is C23H24N5NiO3+3. The third-order valence-corrected chi connectivity index (χ3v) is 4.18. The monoisotopic (exact) mass is 476 g/mol. The van der Waals surface area contributed by atoms with Gasteiger partial charge in [0.25, 0.3) is 0 Å². The van der Waals surface area contributed by atoms with Crippen LogP contribution in [-0.4, -0.2) is 43.9 Å². The fourth-order valence-corrected chi connectivity index (χ4v) is 2.50. The molecule has 1 aromatic heterocycles. The van der Waals surface area contributed by atoms with Gasteiger partial charge in [0, 0.05) is 0 Å². The van der Waals surface area contributed by atoms with E-state index >= 15 is 0 Å². The average molecular weight is 477 g/mol.